The second-order valence-corrected chi connectivity index (χ2v) is 12.3. The minimum Gasteiger partial charge on any atom is -0.441 e. The lowest BCUT2D eigenvalue weighted by molar-refractivity contribution is -0.202. The van der Waals surface area contributed by atoms with Gasteiger partial charge in [0, 0.05) is 29.8 Å². The zero-order chi connectivity index (χ0) is 28.2. The second kappa shape index (κ2) is 10.4. The number of allylic oxidation sites excluding steroid dienone is 4. The van der Waals surface area contributed by atoms with E-state index in [1.54, 1.807) is 13.1 Å². The Kier molecular flexibility index (Phi) is 7.54. The third kappa shape index (κ3) is 4.29. The van der Waals surface area contributed by atoms with Crippen molar-refractivity contribution in [3.63, 3.8) is 0 Å². The van der Waals surface area contributed by atoms with Crippen LogP contribution in [0.15, 0.2) is 23.8 Å². The molecule has 1 aliphatic heterocycles. The topological polar surface area (TPSA) is 123 Å². The van der Waals surface area contributed by atoms with Gasteiger partial charge in [0.25, 0.3) is 0 Å². The van der Waals surface area contributed by atoms with Crippen LogP contribution in [0.5, 0.6) is 0 Å². The summed E-state index contributed by atoms with van der Waals surface area (Å²) in [6.07, 6.45) is 2.82. The molecule has 5 aliphatic rings. The summed E-state index contributed by atoms with van der Waals surface area (Å²) in [5, 5.41) is 17.2. The number of aliphatic hydroxyl groups is 1. The van der Waals surface area contributed by atoms with Gasteiger partial charge in [-0.15, -0.1) is 0 Å². The Hall–Kier alpha value is -2.14. The number of fused-ring (bicyclic) bond motifs is 7. The number of carbonyl (C=O) groups excluding carboxylic acids is 3. The van der Waals surface area contributed by atoms with Gasteiger partial charge in [0.05, 0.1) is 12.2 Å². The molecule has 3 unspecified atom stereocenters. The molecule has 1 saturated heterocycles. The number of amides is 1. The third-order valence-electron chi connectivity index (χ3n) is 10.2. The first-order valence-electron chi connectivity index (χ1n) is 14.2. The molecule has 10 heteroatoms. The summed E-state index contributed by atoms with van der Waals surface area (Å²) in [5.74, 6) is -1.38. The van der Waals surface area contributed by atoms with Gasteiger partial charge in [-0.3, -0.25) is 9.59 Å². The number of likely N-dealkylation sites (N-methyl/N-ethyl adjacent to an activating group) is 1. The van der Waals surface area contributed by atoms with Crippen LogP contribution < -0.4 is 10.6 Å². The number of alkyl halides is 1. The van der Waals surface area contributed by atoms with Crippen molar-refractivity contribution < 1.29 is 38.1 Å². The van der Waals surface area contributed by atoms with E-state index < -0.39 is 59.6 Å². The molecule has 4 fully saturated rings. The molecule has 0 bridgehead atoms. The van der Waals surface area contributed by atoms with Crippen LogP contribution in [-0.4, -0.2) is 79.8 Å². The van der Waals surface area contributed by atoms with Gasteiger partial charge in [0.15, 0.2) is 24.3 Å². The van der Waals surface area contributed by atoms with E-state index in [1.807, 2.05) is 20.8 Å². The van der Waals surface area contributed by atoms with Crippen LogP contribution >= 0.6 is 0 Å². The maximum atomic E-state index is 15.7. The van der Waals surface area contributed by atoms with Crippen LogP contribution in [0.25, 0.3) is 0 Å². The standard InChI is InChI=1S/C29H41FN2O7/c1-5-6-24-38-23-13-18-17-12-20(30)19-11-16(33)7-8-27(19,2)25(17)21(34)14-28(18,3)29(23,39-24)22(35)15-37-26(36)32-10-9-31-4/h7-8,11,17-18,20-21,23-25,31,34H,5-6,9-10,12-15H2,1-4H3,(H,32,36)/t17-,18?,20-,21-,23+,24?,25?,27-,28-,29+/m0/s1. The lowest BCUT2D eigenvalue weighted by Gasteiger charge is -2.60. The van der Waals surface area contributed by atoms with Gasteiger partial charge in [0.1, 0.15) is 6.17 Å². The Labute approximate surface area is 228 Å². The van der Waals surface area contributed by atoms with Gasteiger partial charge in [-0.2, -0.15) is 0 Å². The van der Waals surface area contributed by atoms with Crippen molar-refractivity contribution in [1.82, 2.24) is 10.6 Å². The summed E-state index contributed by atoms with van der Waals surface area (Å²) in [6.45, 7) is 6.27. The van der Waals surface area contributed by atoms with Gasteiger partial charge in [-0.1, -0.05) is 33.3 Å². The number of ketones is 2. The van der Waals surface area contributed by atoms with Gasteiger partial charge in [0.2, 0.25) is 5.78 Å². The molecule has 5 rings (SSSR count). The molecule has 0 aromatic carbocycles. The lowest BCUT2D eigenvalue weighted by Crippen LogP contribution is -2.64. The number of halogens is 1. The van der Waals surface area contributed by atoms with Crippen molar-refractivity contribution >= 4 is 17.7 Å². The van der Waals surface area contributed by atoms with Crippen LogP contribution in [0.2, 0.25) is 0 Å². The molecule has 4 aliphatic carbocycles. The van der Waals surface area contributed by atoms with Crippen molar-refractivity contribution in [2.24, 2.45) is 28.6 Å². The van der Waals surface area contributed by atoms with E-state index in [0.29, 0.717) is 31.5 Å². The molecule has 0 aromatic rings. The molecule has 39 heavy (non-hydrogen) atoms. The first-order chi connectivity index (χ1) is 18.5. The number of alkyl carbamates (subject to hydrolysis) is 1. The quantitative estimate of drug-likeness (QED) is 0.396. The van der Waals surface area contributed by atoms with Crippen molar-refractivity contribution in [3.05, 3.63) is 23.8 Å². The van der Waals surface area contributed by atoms with Crippen LogP contribution in [-0.2, 0) is 23.8 Å². The minimum atomic E-state index is -1.42. The van der Waals surface area contributed by atoms with E-state index in [1.165, 1.54) is 12.2 Å². The van der Waals surface area contributed by atoms with Crippen LogP contribution in [0.1, 0.15) is 52.9 Å². The molecule has 0 aromatic heterocycles. The van der Waals surface area contributed by atoms with Crippen molar-refractivity contribution in [2.45, 2.75) is 83.1 Å². The molecule has 0 radical (unpaired) electrons. The van der Waals surface area contributed by atoms with Crippen molar-refractivity contribution in [1.29, 1.82) is 0 Å². The van der Waals surface area contributed by atoms with Crippen LogP contribution in [0.3, 0.4) is 0 Å². The van der Waals surface area contributed by atoms with Crippen LogP contribution in [0, 0.1) is 28.6 Å². The van der Waals surface area contributed by atoms with E-state index in [4.69, 9.17) is 14.2 Å². The zero-order valence-corrected chi connectivity index (χ0v) is 23.2. The summed E-state index contributed by atoms with van der Waals surface area (Å²) < 4.78 is 33.9. The highest BCUT2D eigenvalue weighted by Crippen LogP contribution is 2.70. The molecular formula is C29H41FN2O7. The summed E-state index contributed by atoms with van der Waals surface area (Å²) >= 11 is 0. The first-order valence-corrected chi connectivity index (χ1v) is 14.2. The number of hydrogen-bond acceptors (Lipinski definition) is 8. The van der Waals surface area contributed by atoms with Gasteiger partial charge < -0.3 is 30.0 Å². The summed E-state index contributed by atoms with van der Waals surface area (Å²) in [4.78, 5) is 38.3. The molecule has 3 N–H and O–H groups in total. The predicted molar refractivity (Wildman–Crippen MR) is 139 cm³/mol. The fraction of sp³-hybridized carbons (Fsp3) is 0.759. The Morgan fingerprint density at radius 3 is 2.74 bits per heavy atom. The molecule has 216 valence electrons. The highest BCUT2D eigenvalue weighted by molar-refractivity contribution is 6.01. The van der Waals surface area contributed by atoms with Gasteiger partial charge >= 0.3 is 6.09 Å². The van der Waals surface area contributed by atoms with E-state index in [2.05, 4.69) is 10.6 Å². The summed E-state index contributed by atoms with van der Waals surface area (Å²) in [5.41, 5.74) is -2.66. The van der Waals surface area contributed by atoms with E-state index in [0.717, 1.165) is 6.42 Å². The number of nitrogens with one attached hydrogen (secondary N) is 2. The highest BCUT2D eigenvalue weighted by atomic mass is 19.1. The number of rotatable bonds is 8. The average Bonchev–Trinajstić information content (AvgIpc) is 3.36. The Morgan fingerprint density at radius 2 is 2.03 bits per heavy atom. The normalized spacial score (nSPS) is 44.1. The van der Waals surface area contributed by atoms with Gasteiger partial charge in [-0.25, -0.2) is 9.18 Å². The fourth-order valence-corrected chi connectivity index (χ4v) is 8.59. The maximum Gasteiger partial charge on any atom is 0.407 e. The largest absolute Gasteiger partial charge is 0.441 e. The number of ether oxygens (including phenoxy) is 3. The SMILES string of the molecule is CCCC1O[C@@H]2CC3[C@@H]4C[C@H](F)C5=CC(=O)C=C[C@]5(C)C4[C@@H](O)C[C@]3(C)[C@]2(C(=O)COC(=O)NCCNC)O1. The second-order valence-electron chi connectivity index (χ2n) is 12.3. The Balaban J connectivity index is 1.46. The van der Waals surface area contributed by atoms with Crippen molar-refractivity contribution in [3.8, 4) is 0 Å². The molecule has 10 atom stereocenters. The monoisotopic (exact) mass is 548 g/mol. The number of aliphatic hydroxyl groups excluding tert-OH is 1. The molecule has 3 saturated carbocycles. The average molecular weight is 549 g/mol. The molecule has 1 heterocycles. The highest BCUT2D eigenvalue weighted by Gasteiger charge is 2.76. The van der Waals surface area contributed by atoms with E-state index in [-0.39, 0.29) is 36.4 Å². The van der Waals surface area contributed by atoms with Gasteiger partial charge in [-0.05, 0) is 62.3 Å². The van der Waals surface area contributed by atoms with Crippen molar-refractivity contribution in [2.75, 3.05) is 26.7 Å². The predicted octanol–water partition coefficient (Wildman–Crippen LogP) is 2.62. The molecule has 1 amide bonds. The Bertz CT molecular complexity index is 1080. The zero-order valence-electron chi connectivity index (χ0n) is 23.2. The van der Waals surface area contributed by atoms with E-state index in [9.17, 15) is 19.5 Å². The molecular weight excluding hydrogens is 507 g/mol. The number of hydrogen-bond donors (Lipinski definition) is 3. The Morgan fingerprint density at radius 1 is 1.26 bits per heavy atom. The summed E-state index contributed by atoms with van der Waals surface area (Å²) in [6, 6.07) is 0. The maximum absolute atomic E-state index is 15.7. The van der Waals surface area contributed by atoms with E-state index >= 15 is 4.39 Å². The van der Waals surface area contributed by atoms with Crippen LogP contribution in [0.4, 0.5) is 9.18 Å². The third-order valence-corrected chi connectivity index (χ3v) is 10.2. The molecule has 0 spiro atoms. The lowest BCUT2D eigenvalue weighted by atomic mass is 9.46. The molecule has 9 nitrogen and oxygen atoms in total. The fourth-order valence-electron chi connectivity index (χ4n) is 8.59. The minimum absolute atomic E-state index is 0.157. The smallest absolute Gasteiger partial charge is 0.407 e. The summed E-state index contributed by atoms with van der Waals surface area (Å²) in [7, 11) is 1.76. The number of Topliss-reactive ketones (excluding diaryl/α,β-unsaturated/α-hetero) is 1. The number of carbonyl (C=O) groups is 3. The first kappa shape index (κ1) is 28.4.